The fraction of sp³-hybridized carbons (Fsp3) is 0.333. The van der Waals surface area contributed by atoms with Crippen molar-refractivity contribution in [3.8, 4) is 17.2 Å². The normalized spacial score (nSPS) is 21.2. The molecule has 1 aliphatic rings. The average molecular weight is 284 g/mol. The molecule has 21 heavy (non-hydrogen) atoms. The molecule has 0 aromatic heterocycles. The lowest BCUT2D eigenvalue weighted by molar-refractivity contribution is 0.0604. The largest absolute Gasteiger partial charge is 0.488 e. The van der Waals surface area contributed by atoms with Crippen molar-refractivity contribution in [2.45, 2.75) is 38.4 Å². The number of para-hydroxylation sites is 1. The van der Waals surface area contributed by atoms with Gasteiger partial charge in [0.15, 0.2) is 0 Å². The van der Waals surface area contributed by atoms with Gasteiger partial charge in [-0.25, -0.2) is 0 Å². The van der Waals surface area contributed by atoms with Gasteiger partial charge in [-0.1, -0.05) is 18.2 Å². The predicted octanol–water partition coefficient (Wildman–Crippen LogP) is 4.08. The molecular formula is C18H20O3. The van der Waals surface area contributed by atoms with E-state index < -0.39 is 0 Å². The standard InChI is InChI=1S/C18H20O3/c1-13-5-2-3-7-17(13)20-14-9-11-15(12-10-14)21-18-8-4-6-16(18)19/h2-3,5,7,9-12,16,18-19H,4,6,8H2,1H3. The Morgan fingerprint density at radius 2 is 1.67 bits per heavy atom. The Morgan fingerprint density at radius 1 is 0.952 bits per heavy atom. The maximum absolute atomic E-state index is 9.78. The van der Waals surface area contributed by atoms with Crippen molar-refractivity contribution < 1.29 is 14.6 Å². The zero-order valence-electron chi connectivity index (χ0n) is 12.2. The van der Waals surface area contributed by atoms with Gasteiger partial charge < -0.3 is 14.6 Å². The van der Waals surface area contributed by atoms with Crippen LogP contribution >= 0.6 is 0 Å². The first-order valence-corrected chi connectivity index (χ1v) is 7.40. The van der Waals surface area contributed by atoms with Crippen LogP contribution in [0.25, 0.3) is 0 Å². The molecule has 3 rings (SSSR count). The number of hydrogen-bond donors (Lipinski definition) is 1. The van der Waals surface area contributed by atoms with Gasteiger partial charge in [0.1, 0.15) is 23.4 Å². The average Bonchev–Trinajstić information content (AvgIpc) is 2.89. The highest BCUT2D eigenvalue weighted by molar-refractivity contribution is 5.38. The summed E-state index contributed by atoms with van der Waals surface area (Å²) < 4.78 is 11.7. The Hall–Kier alpha value is -2.00. The third-order valence-electron chi connectivity index (χ3n) is 3.85. The van der Waals surface area contributed by atoms with Crippen molar-refractivity contribution in [2.75, 3.05) is 0 Å². The molecule has 2 unspecified atom stereocenters. The summed E-state index contributed by atoms with van der Waals surface area (Å²) in [5.74, 6) is 2.42. The molecule has 2 aromatic carbocycles. The van der Waals surface area contributed by atoms with Crippen molar-refractivity contribution >= 4 is 0 Å². The molecule has 0 aliphatic heterocycles. The highest BCUT2D eigenvalue weighted by atomic mass is 16.5. The molecule has 2 atom stereocenters. The van der Waals surface area contributed by atoms with Crippen molar-refractivity contribution in [2.24, 2.45) is 0 Å². The number of hydrogen-bond acceptors (Lipinski definition) is 3. The second kappa shape index (κ2) is 6.19. The van der Waals surface area contributed by atoms with Crippen LogP contribution in [0, 0.1) is 6.92 Å². The number of rotatable bonds is 4. The third-order valence-corrected chi connectivity index (χ3v) is 3.85. The van der Waals surface area contributed by atoms with E-state index in [0.717, 1.165) is 42.1 Å². The van der Waals surface area contributed by atoms with Gasteiger partial charge in [-0.15, -0.1) is 0 Å². The molecule has 110 valence electrons. The number of aryl methyl sites for hydroxylation is 1. The molecule has 0 spiro atoms. The fourth-order valence-corrected chi connectivity index (χ4v) is 2.60. The molecule has 0 bridgehead atoms. The summed E-state index contributed by atoms with van der Waals surface area (Å²) in [6.07, 6.45) is 2.36. The Labute approximate surface area is 125 Å². The predicted molar refractivity (Wildman–Crippen MR) is 82.0 cm³/mol. The number of aliphatic hydroxyl groups excluding tert-OH is 1. The molecule has 3 nitrogen and oxygen atoms in total. The van der Waals surface area contributed by atoms with Gasteiger partial charge in [-0.3, -0.25) is 0 Å². The molecule has 0 radical (unpaired) electrons. The Bertz CT molecular complexity index is 592. The van der Waals surface area contributed by atoms with Crippen molar-refractivity contribution in [3.63, 3.8) is 0 Å². The summed E-state index contributed by atoms with van der Waals surface area (Å²) in [6, 6.07) is 15.5. The minimum absolute atomic E-state index is 0.0758. The minimum Gasteiger partial charge on any atom is -0.488 e. The minimum atomic E-state index is -0.340. The first-order valence-electron chi connectivity index (χ1n) is 7.40. The molecule has 0 heterocycles. The van der Waals surface area contributed by atoms with Gasteiger partial charge in [-0.05, 0) is 62.1 Å². The van der Waals surface area contributed by atoms with E-state index in [2.05, 4.69) is 0 Å². The smallest absolute Gasteiger partial charge is 0.130 e. The lowest BCUT2D eigenvalue weighted by atomic mass is 10.2. The summed E-state index contributed by atoms with van der Waals surface area (Å²) in [7, 11) is 0. The van der Waals surface area contributed by atoms with Crippen LogP contribution in [0.5, 0.6) is 17.2 Å². The zero-order valence-corrected chi connectivity index (χ0v) is 12.2. The quantitative estimate of drug-likeness (QED) is 0.919. The molecular weight excluding hydrogens is 264 g/mol. The summed E-state index contributed by atoms with van der Waals surface area (Å²) in [4.78, 5) is 0. The first-order chi connectivity index (χ1) is 10.2. The summed E-state index contributed by atoms with van der Waals surface area (Å²) in [5, 5.41) is 9.78. The van der Waals surface area contributed by atoms with E-state index in [1.807, 2.05) is 55.5 Å². The number of ether oxygens (including phenoxy) is 2. The van der Waals surface area contributed by atoms with Crippen LogP contribution in [0.2, 0.25) is 0 Å². The van der Waals surface area contributed by atoms with Crippen molar-refractivity contribution in [3.05, 3.63) is 54.1 Å². The van der Waals surface area contributed by atoms with Crippen LogP contribution < -0.4 is 9.47 Å². The van der Waals surface area contributed by atoms with Gasteiger partial charge >= 0.3 is 0 Å². The SMILES string of the molecule is Cc1ccccc1Oc1ccc(OC2CCCC2O)cc1. The summed E-state index contributed by atoms with van der Waals surface area (Å²) in [5.41, 5.74) is 1.10. The topological polar surface area (TPSA) is 38.7 Å². The third kappa shape index (κ3) is 3.37. The van der Waals surface area contributed by atoms with E-state index >= 15 is 0 Å². The molecule has 1 fully saturated rings. The molecule has 0 amide bonds. The van der Waals surface area contributed by atoms with E-state index in [-0.39, 0.29) is 12.2 Å². The first kappa shape index (κ1) is 14.0. The Morgan fingerprint density at radius 3 is 2.33 bits per heavy atom. The molecule has 0 saturated heterocycles. The fourth-order valence-electron chi connectivity index (χ4n) is 2.60. The molecule has 2 aromatic rings. The molecule has 1 aliphatic carbocycles. The Balaban J connectivity index is 1.65. The number of aliphatic hydroxyl groups is 1. The van der Waals surface area contributed by atoms with E-state index in [4.69, 9.17) is 9.47 Å². The van der Waals surface area contributed by atoms with Gasteiger partial charge in [0, 0.05) is 0 Å². The molecule has 3 heteroatoms. The van der Waals surface area contributed by atoms with Gasteiger partial charge in [-0.2, -0.15) is 0 Å². The van der Waals surface area contributed by atoms with Crippen LogP contribution in [0.15, 0.2) is 48.5 Å². The number of benzene rings is 2. The van der Waals surface area contributed by atoms with E-state index in [1.54, 1.807) is 0 Å². The van der Waals surface area contributed by atoms with Crippen LogP contribution in [0.3, 0.4) is 0 Å². The van der Waals surface area contributed by atoms with Gasteiger partial charge in [0.05, 0.1) is 6.10 Å². The van der Waals surface area contributed by atoms with Gasteiger partial charge in [0.25, 0.3) is 0 Å². The van der Waals surface area contributed by atoms with E-state index in [1.165, 1.54) is 0 Å². The Kier molecular flexibility index (Phi) is 4.11. The van der Waals surface area contributed by atoms with E-state index in [9.17, 15) is 5.11 Å². The van der Waals surface area contributed by atoms with Crippen LogP contribution in [-0.4, -0.2) is 17.3 Å². The van der Waals surface area contributed by atoms with Crippen molar-refractivity contribution in [1.29, 1.82) is 0 Å². The summed E-state index contributed by atoms with van der Waals surface area (Å²) in [6.45, 7) is 2.02. The maximum atomic E-state index is 9.78. The monoisotopic (exact) mass is 284 g/mol. The highest BCUT2D eigenvalue weighted by Crippen LogP contribution is 2.28. The van der Waals surface area contributed by atoms with Crippen LogP contribution in [0.1, 0.15) is 24.8 Å². The van der Waals surface area contributed by atoms with Crippen LogP contribution in [-0.2, 0) is 0 Å². The summed E-state index contributed by atoms with van der Waals surface area (Å²) >= 11 is 0. The lowest BCUT2D eigenvalue weighted by Gasteiger charge is -2.17. The van der Waals surface area contributed by atoms with E-state index in [0.29, 0.717) is 0 Å². The molecule has 1 N–H and O–H groups in total. The van der Waals surface area contributed by atoms with Gasteiger partial charge in [0.2, 0.25) is 0 Å². The second-order valence-corrected chi connectivity index (χ2v) is 5.49. The van der Waals surface area contributed by atoms with Crippen molar-refractivity contribution in [1.82, 2.24) is 0 Å². The van der Waals surface area contributed by atoms with Crippen LogP contribution in [0.4, 0.5) is 0 Å². The lowest BCUT2D eigenvalue weighted by Crippen LogP contribution is -2.25. The molecule has 1 saturated carbocycles. The second-order valence-electron chi connectivity index (χ2n) is 5.49. The maximum Gasteiger partial charge on any atom is 0.130 e. The zero-order chi connectivity index (χ0) is 14.7. The highest BCUT2D eigenvalue weighted by Gasteiger charge is 2.26.